The summed E-state index contributed by atoms with van der Waals surface area (Å²) in [6.45, 7) is 0. The summed E-state index contributed by atoms with van der Waals surface area (Å²) in [4.78, 5) is 16.5. The number of para-hydroxylation sites is 1. The van der Waals surface area contributed by atoms with Crippen LogP contribution in [0, 0.1) is 0 Å². The van der Waals surface area contributed by atoms with Gasteiger partial charge in [-0.3, -0.25) is 9.36 Å². The van der Waals surface area contributed by atoms with Crippen molar-refractivity contribution < 1.29 is 9.53 Å². The van der Waals surface area contributed by atoms with Crippen LogP contribution in [0.3, 0.4) is 0 Å². The first kappa shape index (κ1) is 15.8. The number of carbonyl (C=O) groups is 1. The summed E-state index contributed by atoms with van der Waals surface area (Å²) in [5, 5.41) is 2.92. The number of carbonyl (C=O) groups excluding carboxylic acids is 1. The smallest absolute Gasteiger partial charge is 0.235 e. The Morgan fingerprint density at radius 3 is 2.64 bits per heavy atom. The van der Waals surface area contributed by atoms with Crippen LogP contribution in [0.5, 0.6) is 5.75 Å². The number of amides is 1. The second kappa shape index (κ2) is 6.64. The van der Waals surface area contributed by atoms with Crippen molar-refractivity contribution in [3.05, 3.63) is 72.2 Å². The molecule has 0 radical (unpaired) electrons. The molecule has 0 bridgehead atoms. The number of anilines is 1. The highest BCUT2D eigenvalue weighted by atomic mass is 32.2. The van der Waals surface area contributed by atoms with Crippen molar-refractivity contribution in [3.63, 3.8) is 0 Å². The first-order chi connectivity index (χ1) is 12.3. The van der Waals surface area contributed by atoms with Crippen LogP contribution in [-0.4, -0.2) is 28.3 Å². The minimum Gasteiger partial charge on any atom is -0.497 e. The van der Waals surface area contributed by atoms with Crippen LogP contribution in [0.15, 0.2) is 60.9 Å². The van der Waals surface area contributed by atoms with Crippen LogP contribution in [0.1, 0.15) is 16.5 Å². The van der Waals surface area contributed by atoms with Gasteiger partial charge in [0, 0.05) is 5.69 Å². The Bertz CT molecular complexity index is 891. The minimum atomic E-state index is -0.0272. The van der Waals surface area contributed by atoms with Crippen molar-refractivity contribution in [2.75, 3.05) is 18.2 Å². The molecule has 1 amide bonds. The van der Waals surface area contributed by atoms with Gasteiger partial charge in [0.25, 0.3) is 0 Å². The molecular weight excluding hydrogens is 334 g/mol. The molecule has 0 aliphatic carbocycles. The second-order valence-corrected chi connectivity index (χ2v) is 6.79. The lowest BCUT2D eigenvalue weighted by molar-refractivity contribution is -0.113. The van der Waals surface area contributed by atoms with Gasteiger partial charge >= 0.3 is 0 Å². The number of hydrogen-bond donors (Lipinski definition) is 1. The first-order valence-corrected chi connectivity index (χ1v) is 8.99. The molecule has 0 unspecified atom stereocenters. The number of fused-ring (bicyclic) bond motifs is 1. The monoisotopic (exact) mass is 351 g/mol. The maximum Gasteiger partial charge on any atom is 0.235 e. The zero-order valence-corrected chi connectivity index (χ0v) is 14.5. The van der Waals surface area contributed by atoms with E-state index in [-0.39, 0.29) is 11.2 Å². The van der Waals surface area contributed by atoms with E-state index in [9.17, 15) is 4.79 Å². The summed E-state index contributed by atoms with van der Waals surface area (Å²) in [6.07, 6.45) is 1.77. The van der Waals surface area contributed by atoms with Gasteiger partial charge in [-0.1, -0.05) is 30.3 Å². The van der Waals surface area contributed by atoms with Gasteiger partial charge < -0.3 is 10.1 Å². The molecular formula is C19H17N3O2S. The molecule has 4 rings (SSSR count). The number of benzene rings is 2. The Kier molecular flexibility index (Phi) is 4.19. The third kappa shape index (κ3) is 3.00. The Morgan fingerprint density at radius 1 is 1.16 bits per heavy atom. The Balaban J connectivity index is 1.84. The molecule has 1 aliphatic rings. The van der Waals surface area contributed by atoms with Crippen LogP contribution >= 0.6 is 11.8 Å². The summed E-state index contributed by atoms with van der Waals surface area (Å²) >= 11 is 1.60. The zero-order valence-electron chi connectivity index (χ0n) is 13.7. The Labute approximate surface area is 150 Å². The molecule has 25 heavy (non-hydrogen) atoms. The summed E-state index contributed by atoms with van der Waals surface area (Å²) < 4.78 is 7.30. The fourth-order valence-electron chi connectivity index (χ4n) is 2.94. The number of imidazole rings is 1. The van der Waals surface area contributed by atoms with Crippen molar-refractivity contribution in [3.8, 4) is 11.4 Å². The summed E-state index contributed by atoms with van der Waals surface area (Å²) in [5.41, 5.74) is 3.11. The van der Waals surface area contributed by atoms with Gasteiger partial charge in [-0.2, -0.15) is 0 Å². The number of rotatable bonds is 3. The Hall–Kier alpha value is -2.73. The number of nitrogens with zero attached hydrogens (tertiary/aromatic N) is 2. The predicted octanol–water partition coefficient (Wildman–Crippen LogP) is 3.66. The number of thioether (sulfide) groups is 1. The van der Waals surface area contributed by atoms with Crippen molar-refractivity contribution in [2.45, 2.75) is 5.25 Å². The Morgan fingerprint density at radius 2 is 1.92 bits per heavy atom. The van der Waals surface area contributed by atoms with E-state index < -0.39 is 0 Å². The maximum atomic E-state index is 12.1. The lowest BCUT2D eigenvalue weighted by Crippen LogP contribution is -2.12. The van der Waals surface area contributed by atoms with E-state index in [1.165, 1.54) is 0 Å². The molecule has 126 valence electrons. The third-order valence-electron chi connectivity index (χ3n) is 4.14. The maximum absolute atomic E-state index is 12.1. The van der Waals surface area contributed by atoms with Crippen molar-refractivity contribution >= 4 is 23.5 Å². The van der Waals surface area contributed by atoms with E-state index in [1.807, 2.05) is 59.2 Å². The molecule has 2 aromatic carbocycles. The topological polar surface area (TPSA) is 56.1 Å². The van der Waals surface area contributed by atoms with Gasteiger partial charge in [0.2, 0.25) is 5.91 Å². The molecule has 6 heteroatoms. The molecule has 1 atom stereocenters. The average Bonchev–Trinajstić information content (AvgIpc) is 2.99. The molecule has 0 saturated carbocycles. The summed E-state index contributed by atoms with van der Waals surface area (Å²) in [7, 11) is 1.65. The van der Waals surface area contributed by atoms with Crippen LogP contribution in [-0.2, 0) is 4.79 Å². The standard InChI is InChI=1S/C19H17N3O2S/c1-24-15-9-7-13(8-10-15)18-17-19(21-16(23)11-25-18)20-12-22(17)14-5-3-2-4-6-14/h2-10,12,18H,11H2,1H3,(H,21,23)/t18-/m1/s1. The number of ether oxygens (including phenoxy) is 1. The highest BCUT2D eigenvalue weighted by Crippen LogP contribution is 2.42. The normalized spacial score (nSPS) is 16.7. The van der Waals surface area contributed by atoms with Gasteiger partial charge in [-0.25, -0.2) is 4.98 Å². The van der Waals surface area contributed by atoms with Crippen LogP contribution < -0.4 is 10.1 Å². The molecule has 1 aliphatic heterocycles. The molecule has 0 saturated heterocycles. The van der Waals surface area contributed by atoms with Gasteiger partial charge in [-0.15, -0.1) is 11.8 Å². The largest absolute Gasteiger partial charge is 0.497 e. The van der Waals surface area contributed by atoms with E-state index in [4.69, 9.17) is 4.74 Å². The van der Waals surface area contributed by atoms with Crippen LogP contribution in [0.2, 0.25) is 0 Å². The molecule has 0 fully saturated rings. The molecule has 3 aromatic rings. The van der Waals surface area contributed by atoms with Gasteiger partial charge in [-0.05, 0) is 29.8 Å². The molecule has 2 heterocycles. The second-order valence-electron chi connectivity index (χ2n) is 5.70. The van der Waals surface area contributed by atoms with E-state index in [0.717, 1.165) is 22.7 Å². The van der Waals surface area contributed by atoms with Crippen molar-refractivity contribution in [1.29, 1.82) is 0 Å². The van der Waals surface area contributed by atoms with Crippen LogP contribution in [0.4, 0.5) is 5.82 Å². The van der Waals surface area contributed by atoms with E-state index in [1.54, 1.807) is 25.2 Å². The summed E-state index contributed by atoms with van der Waals surface area (Å²) in [5.74, 6) is 1.80. The van der Waals surface area contributed by atoms with Gasteiger partial charge in [0.05, 0.1) is 23.8 Å². The summed E-state index contributed by atoms with van der Waals surface area (Å²) in [6, 6.07) is 18.0. The van der Waals surface area contributed by atoms with E-state index in [2.05, 4.69) is 10.3 Å². The number of nitrogens with one attached hydrogen (secondary N) is 1. The predicted molar refractivity (Wildman–Crippen MR) is 99.5 cm³/mol. The zero-order chi connectivity index (χ0) is 17.2. The van der Waals surface area contributed by atoms with E-state index in [0.29, 0.717) is 11.6 Å². The number of hydrogen-bond acceptors (Lipinski definition) is 4. The third-order valence-corrected chi connectivity index (χ3v) is 5.40. The quantitative estimate of drug-likeness (QED) is 0.782. The lowest BCUT2D eigenvalue weighted by atomic mass is 10.1. The molecule has 5 nitrogen and oxygen atoms in total. The SMILES string of the molecule is COc1ccc([C@H]2SCC(=O)Nc3ncn(-c4ccccc4)c32)cc1. The number of aromatic nitrogens is 2. The van der Waals surface area contributed by atoms with Gasteiger partial charge in [0.1, 0.15) is 12.1 Å². The molecule has 0 spiro atoms. The highest BCUT2D eigenvalue weighted by molar-refractivity contribution is 8.00. The fourth-order valence-corrected chi connectivity index (χ4v) is 4.06. The van der Waals surface area contributed by atoms with Gasteiger partial charge in [0.15, 0.2) is 5.82 Å². The van der Waals surface area contributed by atoms with E-state index >= 15 is 0 Å². The van der Waals surface area contributed by atoms with Crippen LogP contribution in [0.25, 0.3) is 5.69 Å². The molecule has 1 aromatic heterocycles. The molecule has 1 N–H and O–H groups in total. The highest BCUT2D eigenvalue weighted by Gasteiger charge is 2.29. The minimum absolute atomic E-state index is 0.00237. The lowest BCUT2D eigenvalue weighted by Gasteiger charge is -2.18. The van der Waals surface area contributed by atoms with Crippen molar-refractivity contribution in [1.82, 2.24) is 9.55 Å². The van der Waals surface area contributed by atoms with Crippen molar-refractivity contribution in [2.24, 2.45) is 0 Å². The first-order valence-electron chi connectivity index (χ1n) is 7.94. The fraction of sp³-hybridized carbons (Fsp3) is 0.158. The number of methoxy groups -OCH3 is 1. The average molecular weight is 351 g/mol.